The van der Waals surface area contributed by atoms with Crippen LogP contribution in [0.1, 0.15) is 53.4 Å². The van der Waals surface area contributed by atoms with E-state index in [4.69, 9.17) is 14.1 Å². The summed E-state index contributed by atoms with van der Waals surface area (Å²) < 4.78 is 11.5. The zero-order valence-corrected chi connectivity index (χ0v) is 16.7. The van der Waals surface area contributed by atoms with Crippen LogP contribution in [0.4, 0.5) is 0 Å². The standard InChI is InChI=1S/C24H21N3O3/c1-15(22-26-27-23(30-22)16-9-3-2-4-10-16)29-24(28)21-17-11-5-7-13-19(17)25-20-14-8-6-12-18(20)21/h2-5,7,9-11,13,15H,6,8,12,14H2,1H3/t15-/m1/s1. The molecule has 0 bridgehead atoms. The highest BCUT2D eigenvalue weighted by Crippen LogP contribution is 2.31. The van der Waals surface area contributed by atoms with Gasteiger partial charge in [-0.2, -0.15) is 0 Å². The highest BCUT2D eigenvalue weighted by molar-refractivity contribution is 6.05. The first kappa shape index (κ1) is 18.5. The maximum Gasteiger partial charge on any atom is 0.339 e. The predicted octanol–water partition coefficient (Wildman–Crippen LogP) is 5.08. The lowest BCUT2D eigenvalue weighted by Crippen LogP contribution is -2.17. The van der Waals surface area contributed by atoms with E-state index >= 15 is 0 Å². The maximum absolute atomic E-state index is 13.3. The van der Waals surface area contributed by atoms with Gasteiger partial charge in [-0.25, -0.2) is 4.79 Å². The van der Waals surface area contributed by atoms with Crippen molar-refractivity contribution in [3.8, 4) is 11.5 Å². The maximum atomic E-state index is 13.3. The molecule has 0 spiro atoms. The Labute approximate surface area is 173 Å². The minimum Gasteiger partial charge on any atom is -0.449 e. The summed E-state index contributed by atoms with van der Waals surface area (Å²) in [6, 6.07) is 17.2. The molecule has 6 heteroatoms. The van der Waals surface area contributed by atoms with Gasteiger partial charge in [0.25, 0.3) is 5.89 Å². The second-order valence-electron chi connectivity index (χ2n) is 7.50. The van der Waals surface area contributed by atoms with Crippen molar-refractivity contribution in [2.24, 2.45) is 0 Å². The molecular weight excluding hydrogens is 378 g/mol. The molecule has 0 aliphatic heterocycles. The fourth-order valence-corrected chi connectivity index (χ4v) is 3.97. The van der Waals surface area contributed by atoms with Gasteiger partial charge in [-0.1, -0.05) is 36.4 Å². The second kappa shape index (κ2) is 7.71. The highest BCUT2D eigenvalue weighted by Gasteiger charge is 2.26. The first-order chi connectivity index (χ1) is 14.7. The van der Waals surface area contributed by atoms with E-state index in [0.717, 1.165) is 53.4 Å². The number of benzene rings is 2. The van der Waals surface area contributed by atoms with E-state index in [1.54, 1.807) is 6.92 Å². The molecule has 0 fully saturated rings. The van der Waals surface area contributed by atoms with Crippen molar-refractivity contribution < 1.29 is 13.9 Å². The molecule has 2 aromatic carbocycles. The molecule has 150 valence electrons. The Morgan fingerprint density at radius 1 is 1.00 bits per heavy atom. The van der Waals surface area contributed by atoms with Crippen molar-refractivity contribution in [2.45, 2.75) is 38.7 Å². The molecule has 0 saturated carbocycles. The van der Waals surface area contributed by atoms with Crippen molar-refractivity contribution in [1.82, 2.24) is 15.2 Å². The van der Waals surface area contributed by atoms with Gasteiger partial charge in [0.1, 0.15) is 0 Å². The number of ether oxygens (including phenoxy) is 1. The Kier molecular flexibility index (Phi) is 4.75. The molecule has 0 radical (unpaired) electrons. The van der Waals surface area contributed by atoms with Crippen LogP contribution in [0, 0.1) is 0 Å². The third kappa shape index (κ3) is 3.34. The van der Waals surface area contributed by atoms with Gasteiger partial charge >= 0.3 is 5.97 Å². The number of para-hydroxylation sites is 1. The number of pyridine rings is 1. The predicted molar refractivity (Wildman–Crippen MR) is 112 cm³/mol. The topological polar surface area (TPSA) is 78.1 Å². The van der Waals surface area contributed by atoms with Crippen LogP contribution in [0.15, 0.2) is 59.0 Å². The number of fused-ring (bicyclic) bond motifs is 2. The number of rotatable bonds is 4. The number of nitrogens with zero attached hydrogens (tertiary/aromatic N) is 3. The number of aromatic nitrogens is 3. The van der Waals surface area contributed by atoms with E-state index in [0.29, 0.717) is 11.5 Å². The van der Waals surface area contributed by atoms with Crippen molar-refractivity contribution in [3.05, 3.63) is 77.3 Å². The Morgan fingerprint density at radius 2 is 1.77 bits per heavy atom. The molecule has 1 atom stereocenters. The molecule has 0 amide bonds. The summed E-state index contributed by atoms with van der Waals surface area (Å²) in [5.41, 5.74) is 4.27. The SMILES string of the molecule is C[C@@H](OC(=O)c1c2c(nc3ccccc13)CCCC2)c1nnc(-c2ccccc2)o1. The van der Waals surface area contributed by atoms with Gasteiger partial charge in [0, 0.05) is 16.6 Å². The summed E-state index contributed by atoms with van der Waals surface area (Å²) in [6.45, 7) is 1.75. The van der Waals surface area contributed by atoms with Gasteiger partial charge in [-0.3, -0.25) is 4.98 Å². The first-order valence-electron chi connectivity index (χ1n) is 10.2. The summed E-state index contributed by atoms with van der Waals surface area (Å²) in [6.07, 6.45) is 3.21. The summed E-state index contributed by atoms with van der Waals surface area (Å²) in [5.74, 6) is 0.299. The molecule has 1 aliphatic rings. The van der Waals surface area contributed by atoms with E-state index in [-0.39, 0.29) is 11.9 Å². The molecule has 6 nitrogen and oxygen atoms in total. The molecule has 5 rings (SSSR count). The van der Waals surface area contributed by atoms with Crippen LogP contribution in [0.25, 0.3) is 22.4 Å². The van der Waals surface area contributed by atoms with Crippen LogP contribution in [-0.4, -0.2) is 21.2 Å². The van der Waals surface area contributed by atoms with E-state index in [2.05, 4.69) is 10.2 Å². The summed E-state index contributed by atoms with van der Waals surface area (Å²) in [4.78, 5) is 18.0. The molecule has 2 heterocycles. The van der Waals surface area contributed by atoms with Gasteiger partial charge in [0.2, 0.25) is 5.89 Å². The van der Waals surface area contributed by atoms with Crippen LogP contribution < -0.4 is 0 Å². The smallest absolute Gasteiger partial charge is 0.339 e. The average molecular weight is 399 g/mol. The number of aryl methyl sites for hydroxylation is 1. The molecule has 30 heavy (non-hydrogen) atoms. The minimum absolute atomic E-state index is 0.273. The van der Waals surface area contributed by atoms with Gasteiger partial charge in [0.15, 0.2) is 6.10 Å². The average Bonchev–Trinajstić information content (AvgIpc) is 3.28. The molecule has 0 N–H and O–H groups in total. The molecule has 2 aromatic heterocycles. The van der Waals surface area contributed by atoms with Crippen molar-refractivity contribution in [2.75, 3.05) is 0 Å². The number of hydrogen-bond donors (Lipinski definition) is 0. The minimum atomic E-state index is -0.659. The number of esters is 1. The Morgan fingerprint density at radius 3 is 2.63 bits per heavy atom. The zero-order valence-electron chi connectivity index (χ0n) is 16.7. The van der Waals surface area contributed by atoms with Gasteiger partial charge in [-0.05, 0) is 56.4 Å². The molecule has 1 aliphatic carbocycles. The van der Waals surface area contributed by atoms with Crippen LogP contribution in [-0.2, 0) is 17.6 Å². The summed E-state index contributed by atoms with van der Waals surface area (Å²) in [7, 11) is 0. The van der Waals surface area contributed by atoms with Gasteiger partial charge in [-0.15, -0.1) is 10.2 Å². The van der Waals surface area contributed by atoms with Gasteiger partial charge in [0.05, 0.1) is 11.1 Å². The molecule has 0 unspecified atom stereocenters. The fraction of sp³-hybridized carbons (Fsp3) is 0.250. The second-order valence-corrected chi connectivity index (χ2v) is 7.50. The normalized spacial score (nSPS) is 14.3. The molecular formula is C24H21N3O3. The van der Waals surface area contributed by atoms with E-state index in [1.165, 1.54) is 0 Å². The van der Waals surface area contributed by atoms with Gasteiger partial charge < -0.3 is 9.15 Å². The summed E-state index contributed by atoms with van der Waals surface area (Å²) >= 11 is 0. The molecule has 0 saturated heterocycles. The van der Waals surface area contributed by atoms with E-state index in [1.807, 2.05) is 54.6 Å². The van der Waals surface area contributed by atoms with Crippen LogP contribution in [0.5, 0.6) is 0 Å². The largest absolute Gasteiger partial charge is 0.449 e. The summed E-state index contributed by atoms with van der Waals surface area (Å²) in [5, 5.41) is 9.00. The number of hydrogen-bond acceptors (Lipinski definition) is 6. The third-order valence-corrected chi connectivity index (χ3v) is 5.47. The third-order valence-electron chi connectivity index (χ3n) is 5.47. The molecule has 4 aromatic rings. The van der Waals surface area contributed by atoms with Crippen LogP contribution >= 0.6 is 0 Å². The zero-order chi connectivity index (χ0) is 20.5. The first-order valence-corrected chi connectivity index (χ1v) is 10.2. The van der Waals surface area contributed by atoms with Crippen molar-refractivity contribution >= 4 is 16.9 Å². The Bertz CT molecular complexity index is 1220. The highest BCUT2D eigenvalue weighted by atomic mass is 16.6. The van der Waals surface area contributed by atoms with Crippen molar-refractivity contribution in [3.63, 3.8) is 0 Å². The lowest BCUT2D eigenvalue weighted by atomic mass is 9.90. The quantitative estimate of drug-likeness (QED) is 0.445. The number of carbonyl (C=O) groups excluding carboxylic acids is 1. The lowest BCUT2D eigenvalue weighted by Gasteiger charge is -2.20. The van der Waals surface area contributed by atoms with Crippen LogP contribution in [0.3, 0.4) is 0 Å². The lowest BCUT2D eigenvalue weighted by molar-refractivity contribution is 0.0280. The van der Waals surface area contributed by atoms with E-state index < -0.39 is 6.10 Å². The Balaban J connectivity index is 1.46. The van der Waals surface area contributed by atoms with Crippen LogP contribution in [0.2, 0.25) is 0 Å². The Hall–Kier alpha value is -3.54. The van der Waals surface area contributed by atoms with E-state index in [9.17, 15) is 4.79 Å². The fourth-order valence-electron chi connectivity index (χ4n) is 3.97. The monoisotopic (exact) mass is 399 g/mol. The van der Waals surface area contributed by atoms with Crippen molar-refractivity contribution in [1.29, 1.82) is 0 Å². The number of carbonyl (C=O) groups is 1.